The van der Waals surface area contributed by atoms with E-state index in [1.54, 1.807) is 6.92 Å². The summed E-state index contributed by atoms with van der Waals surface area (Å²) in [5.41, 5.74) is 0. The molecule has 2 atom stereocenters. The van der Waals surface area contributed by atoms with Crippen LogP contribution in [0.4, 0.5) is 0 Å². The van der Waals surface area contributed by atoms with Gasteiger partial charge in [0.25, 0.3) is 0 Å². The van der Waals surface area contributed by atoms with E-state index in [4.69, 9.17) is 5.26 Å². The predicted octanol–water partition coefficient (Wildman–Crippen LogP) is -0.281. The molecule has 0 bridgehead atoms. The Morgan fingerprint density at radius 1 is 1.75 bits per heavy atom. The Morgan fingerprint density at radius 2 is 2.50 bits per heavy atom. The van der Waals surface area contributed by atoms with Crippen LogP contribution < -0.4 is 5.32 Å². The number of carbonyl (C=O) groups is 1. The molecule has 0 saturated carbocycles. The van der Waals surface area contributed by atoms with Crippen LogP contribution in [0.25, 0.3) is 0 Å². The number of nitrogens with one attached hydrogen (secondary N) is 1. The molecule has 1 amide bonds. The molecule has 1 aliphatic heterocycles. The SMILES string of the molecule is CC(O)C1CCN(CC(=O)NCCC#N)C1. The number of aliphatic hydroxyl groups excluding tert-OH is 1. The Morgan fingerprint density at radius 3 is 3.06 bits per heavy atom. The molecule has 0 aliphatic carbocycles. The highest BCUT2D eigenvalue weighted by Gasteiger charge is 2.26. The van der Waals surface area contributed by atoms with Crippen molar-refractivity contribution in [3.05, 3.63) is 0 Å². The van der Waals surface area contributed by atoms with Gasteiger partial charge in [-0.3, -0.25) is 9.69 Å². The Hall–Kier alpha value is -1.12. The number of nitriles is 1. The minimum absolute atomic E-state index is 0.0403. The summed E-state index contributed by atoms with van der Waals surface area (Å²) >= 11 is 0. The Balaban J connectivity index is 2.19. The van der Waals surface area contributed by atoms with Gasteiger partial charge in [0.15, 0.2) is 0 Å². The second-order valence-corrected chi connectivity index (χ2v) is 4.28. The summed E-state index contributed by atoms with van der Waals surface area (Å²) in [6.45, 7) is 4.23. The van der Waals surface area contributed by atoms with Crippen LogP contribution in [0, 0.1) is 17.2 Å². The molecule has 1 rings (SSSR count). The molecule has 1 aliphatic rings. The van der Waals surface area contributed by atoms with Crippen molar-refractivity contribution in [2.24, 2.45) is 5.92 Å². The molecule has 0 spiro atoms. The van der Waals surface area contributed by atoms with Gasteiger partial charge < -0.3 is 10.4 Å². The number of hydrogen-bond acceptors (Lipinski definition) is 4. The normalized spacial score (nSPS) is 22.7. The molecule has 1 heterocycles. The zero-order valence-electron chi connectivity index (χ0n) is 9.65. The number of amides is 1. The lowest BCUT2D eigenvalue weighted by Gasteiger charge is -2.16. The summed E-state index contributed by atoms with van der Waals surface area (Å²) in [6.07, 6.45) is 0.997. The van der Waals surface area contributed by atoms with Gasteiger partial charge >= 0.3 is 0 Å². The standard InChI is InChI=1S/C11H19N3O2/c1-9(15)10-3-6-14(7-10)8-11(16)13-5-2-4-12/h9-10,15H,2-3,5-8H2,1H3,(H,13,16). The van der Waals surface area contributed by atoms with Gasteiger partial charge in [-0.2, -0.15) is 5.26 Å². The monoisotopic (exact) mass is 225 g/mol. The maximum atomic E-state index is 11.4. The van der Waals surface area contributed by atoms with Crippen LogP contribution >= 0.6 is 0 Å². The molecule has 2 unspecified atom stereocenters. The molecule has 5 heteroatoms. The van der Waals surface area contributed by atoms with Gasteiger partial charge in [0.2, 0.25) is 5.91 Å². The molecule has 90 valence electrons. The average Bonchev–Trinajstić information content (AvgIpc) is 2.66. The van der Waals surface area contributed by atoms with Crippen LogP contribution in [0.1, 0.15) is 19.8 Å². The molecule has 1 fully saturated rings. The van der Waals surface area contributed by atoms with E-state index in [9.17, 15) is 9.90 Å². The molecule has 5 nitrogen and oxygen atoms in total. The van der Waals surface area contributed by atoms with Crippen LogP contribution in [0.3, 0.4) is 0 Å². The number of likely N-dealkylation sites (tertiary alicyclic amines) is 1. The molecule has 0 aromatic heterocycles. The van der Waals surface area contributed by atoms with Gasteiger partial charge in [-0.1, -0.05) is 0 Å². The van der Waals surface area contributed by atoms with E-state index >= 15 is 0 Å². The van der Waals surface area contributed by atoms with Crippen molar-refractivity contribution >= 4 is 5.91 Å². The van der Waals surface area contributed by atoms with E-state index in [0.29, 0.717) is 19.5 Å². The fourth-order valence-electron chi connectivity index (χ4n) is 1.92. The minimum atomic E-state index is -0.299. The van der Waals surface area contributed by atoms with E-state index in [1.807, 2.05) is 11.0 Å². The molecule has 0 radical (unpaired) electrons. The van der Waals surface area contributed by atoms with E-state index < -0.39 is 0 Å². The molecule has 1 saturated heterocycles. The van der Waals surface area contributed by atoms with Gasteiger partial charge in [0.1, 0.15) is 0 Å². The highest BCUT2D eigenvalue weighted by Crippen LogP contribution is 2.18. The first-order valence-electron chi connectivity index (χ1n) is 5.67. The lowest BCUT2D eigenvalue weighted by Crippen LogP contribution is -2.37. The Kier molecular flexibility index (Phi) is 5.23. The van der Waals surface area contributed by atoms with Gasteiger partial charge in [-0.15, -0.1) is 0 Å². The van der Waals surface area contributed by atoms with E-state index in [1.165, 1.54) is 0 Å². The van der Waals surface area contributed by atoms with Gasteiger partial charge in [-0.25, -0.2) is 0 Å². The average molecular weight is 225 g/mol. The van der Waals surface area contributed by atoms with Crippen molar-refractivity contribution in [2.75, 3.05) is 26.2 Å². The molecular weight excluding hydrogens is 206 g/mol. The second kappa shape index (κ2) is 6.46. The van der Waals surface area contributed by atoms with Crippen molar-refractivity contribution < 1.29 is 9.90 Å². The topological polar surface area (TPSA) is 76.4 Å². The summed E-state index contributed by atoms with van der Waals surface area (Å²) in [5.74, 6) is 0.244. The van der Waals surface area contributed by atoms with E-state index in [-0.39, 0.29) is 17.9 Å². The maximum absolute atomic E-state index is 11.4. The molecule has 2 N–H and O–H groups in total. The zero-order chi connectivity index (χ0) is 12.0. The summed E-state index contributed by atoms with van der Waals surface area (Å²) in [5, 5.41) is 20.4. The first kappa shape index (κ1) is 12.9. The predicted molar refractivity (Wildman–Crippen MR) is 59.5 cm³/mol. The zero-order valence-corrected chi connectivity index (χ0v) is 9.65. The molecular formula is C11H19N3O2. The Bertz CT molecular complexity index is 273. The second-order valence-electron chi connectivity index (χ2n) is 4.28. The smallest absolute Gasteiger partial charge is 0.234 e. The fraction of sp³-hybridized carbons (Fsp3) is 0.818. The third-order valence-corrected chi connectivity index (χ3v) is 2.92. The first-order chi connectivity index (χ1) is 7.63. The summed E-state index contributed by atoms with van der Waals surface area (Å²) in [4.78, 5) is 13.5. The number of carbonyl (C=O) groups excluding carboxylic acids is 1. The van der Waals surface area contributed by atoms with Crippen LogP contribution in [-0.4, -0.2) is 48.2 Å². The number of hydrogen-bond donors (Lipinski definition) is 2. The van der Waals surface area contributed by atoms with Crippen LogP contribution in [-0.2, 0) is 4.79 Å². The quantitative estimate of drug-likeness (QED) is 0.631. The van der Waals surface area contributed by atoms with Crippen molar-refractivity contribution in [2.45, 2.75) is 25.9 Å². The molecule has 16 heavy (non-hydrogen) atoms. The summed E-state index contributed by atoms with van der Waals surface area (Å²) < 4.78 is 0. The van der Waals surface area contributed by atoms with Crippen molar-refractivity contribution in [1.29, 1.82) is 5.26 Å². The van der Waals surface area contributed by atoms with Crippen molar-refractivity contribution in [1.82, 2.24) is 10.2 Å². The lowest BCUT2D eigenvalue weighted by atomic mass is 10.0. The van der Waals surface area contributed by atoms with E-state index in [2.05, 4.69) is 5.32 Å². The van der Waals surface area contributed by atoms with Crippen molar-refractivity contribution in [3.63, 3.8) is 0 Å². The van der Waals surface area contributed by atoms with Gasteiger partial charge in [0.05, 0.1) is 25.1 Å². The third kappa shape index (κ3) is 4.17. The Labute approximate surface area is 96.0 Å². The largest absolute Gasteiger partial charge is 0.393 e. The summed E-state index contributed by atoms with van der Waals surface area (Å²) in [6, 6.07) is 1.98. The highest BCUT2D eigenvalue weighted by atomic mass is 16.3. The van der Waals surface area contributed by atoms with Crippen LogP contribution in [0.15, 0.2) is 0 Å². The van der Waals surface area contributed by atoms with Crippen LogP contribution in [0.2, 0.25) is 0 Å². The lowest BCUT2D eigenvalue weighted by molar-refractivity contribution is -0.122. The first-order valence-corrected chi connectivity index (χ1v) is 5.67. The fourth-order valence-corrected chi connectivity index (χ4v) is 1.92. The minimum Gasteiger partial charge on any atom is -0.393 e. The molecule has 0 aromatic rings. The summed E-state index contributed by atoms with van der Waals surface area (Å²) in [7, 11) is 0. The van der Waals surface area contributed by atoms with Gasteiger partial charge in [-0.05, 0) is 25.8 Å². The molecule has 0 aromatic carbocycles. The van der Waals surface area contributed by atoms with Crippen LogP contribution in [0.5, 0.6) is 0 Å². The third-order valence-electron chi connectivity index (χ3n) is 2.92. The maximum Gasteiger partial charge on any atom is 0.234 e. The highest BCUT2D eigenvalue weighted by molar-refractivity contribution is 5.78. The number of nitrogens with zero attached hydrogens (tertiary/aromatic N) is 2. The van der Waals surface area contributed by atoms with Crippen molar-refractivity contribution in [3.8, 4) is 6.07 Å². The van der Waals surface area contributed by atoms with E-state index in [0.717, 1.165) is 19.5 Å². The number of rotatable bonds is 5. The number of aliphatic hydroxyl groups is 1. The van der Waals surface area contributed by atoms with Gasteiger partial charge in [0, 0.05) is 13.1 Å².